The largest absolute Gasteiger partial charge is 0.282 e. The van der Waals surface area contributed by atoms with Crippen LogP contribution in [0, 0.1) is 0 Å². The van der Waals surface area contributed by atoms with Gasteiger partial charge in [0.25, 0.3) is 0 Å². The first kappa shape index (κ1) is 20.1. The van der Waals surface area contributed by atoms with Crippen LogP contribution in [0.5, 0.6) is 0 Å². The Morgan fingerprint density at radius 1 is 0.778 bits per heavy atom. The van der Waals surface area contributed by atoms with Crippen molar-refractivity contribution in [1.29, 1.82) is 0 Å². The van der Waals surface area contributed by atoms with Crippen LogP contribution in [0.3, 0.4) is 0 Å². The number of halogens is 2. The molecule has 3 aromatic rings. The van der Waals surface area contributed by atoms with Gasteiger partial charge in [0, 0.05) is 20.7 Å². The summed E-state index contributed by atoms with van der Waals surface area (Å²) in [5.74, 6) is 0.605. The number of rotatable bonds is 7. The third-order valence-corrected chi connectivity index (χ3v) is 6.62. The maximum atomic E-state index is 12.6. The van der Waals surface area contributed by atoms with Gasteiger partial charge in [-0.05, 0) is 47.5 Å². The molecule has 0 saturated heterocycles. The second kappa shape index (κ2) is 9.02. The van der Waals surface area contributed by atoms with Crippen LogP contribution in [0.2, 0.25) is 10.0 Å². The van der Waals surface area contributed by atoms with Crippen LogP contribution in [0.4, 0.5) is 5.69 Å². The highest BCUT2D eigenvalue weighted by molar-refractivity contribution is 7.98. The fourth-order valence-electron chi connectivity index (χ4n) is 2.42. The molecule has 3 rings (SSSR count). The minimum Gasteiger partial charge on any atom is -0.282 e. The number of para-hydroxylation sites is 1. The van der Waals surface area contributed by atoms with Gasteiger partial charge in [0.15, 0.2) is 0 Å². The van der Waals surface area contributed by atoms with Crippen molar-refractivity contribution in [3.63, 3.8) is 0 Å². The zero-order chi connectivity index (χ0) is 19.3. The van der Waals surface area contributed by atoms with E-state index in [1.165, 1.54) is 0 Å². The standard InChI is InChI=1S/C20H17Cl2NO2S2/c21-17-9-5-15(6-10-17)13-26-20-4-2-1-3-19(20)23-27(24,25)14-16-7-11-18(22)12-8-16/h1-12,23H,13-14H2. The van der Waals surface area contributed by atoms with Gasteiger partial charge >= 0.3 is 0 Å². The molecule has 0 saturated carbocycles. The molecule has 0 aliphatic carbocycles. The van der Waals surface area contributed by atoms with E-state index in [1.54, 1.807) is 42.1 Å². The van der Waals surface area contributed by atoms with E-state index < -0.39 is 10.0 Å². The Morgan fingerprint density at radius 2 is 1.33 bits per heavy atom. The average molecular weight is 438 g/mol. The first-order valence-electron chi connectivity index (χ1n) is 8.12. The molecule has 3 aromatic carbocycles. The number of hydrogen-bond acceptors (Lipinski definition) is 3. The Labute approximate surface area is 173 Å². The van der Waals surface area contributed by atoms with Gasteiger partial charge in [0.1, 0.15) is 0 Å². The number of nitrogens with one attached hydrogen (secondary N) is 1. The lowest BCUT2D eigenvalue weighted by molar-refractivity contribution is 0.600. The summed E-state index contributed by atoms with van der Waals surface area (Å²) in [7, 11) is -3.54. The van der Waals surface area contributed by atoms with Gasteiger partial charge in [-0.3, -0.25) is 4.72 Å². The summed E-state index contributed by atoms with van der Waals surface area (Å²) < 4.78 is 27.8. The van der Waals surface area contributed by atoms with Crippen LogP contribution >= 0.6 is 35.0 Å². The number of sulfonamides is 1. The van der Waals surface area contributed by atoms with Gasteiger partial charge in [-0.25, -0.2) is 8.42 Å². The molecule has 0 aromatic heterocycles. The summed E-state index contributed by atoms with van der Waals surface area (Å²) in [4.78, 5) is 0.868. The molecule has 140 valence electrons. The molecular weight excluding hydrogens is 421 g/mol. The van der Waals surface area contributed by atoms with Gasteiger partial charge in [0.05, 0.1) is 11.4 Å². The molecule has 27 heavy (non-hydrogen) atoms. The van der Waals surface area contributed by atoms with E-state index in [9.17, 15) is 8.42 Å². The molecule has 3 nitrogen and oxygen atoms in total. The van der Waals surface area contributed by atoms with Gasteiger partial charge in [-0.15, -0.1) is 11.8 Å². The highest BCUT2D eigenvalue weighted by atomic mass is 35.5. The van der Waals surface area contributed by atoms with Crippen molar-refractivity contribution in [2.75, 3.05) is 4.72 Å². The fourth-order valence-corrected chi connectivity index (χ4v) is 4.92. The van der Waals surface area contributed by atoms with Crippen LogP contribution in [0.15, 0.2) is 77.7 Å². The number of benzene rings is 3. The van der Waals surface area contributed by atoms with Crippen molar-refractivity contribution < 1.29 is 8.42 Å². The molecule has 0 amide bonds. The van der Waals surface area contributed by atoms with Crippen molar-refractivity contribution >= 4 is 50.7 Å². The molecule has 0 aliphatic rings. The Balaban J connectivity index is 1.70. The maximum Gasteiger partial charge on any atom is 0.236 e. The van der Waals surface area contributed by atoms with Gasteiger partial charge < -0.3 is 0 Å². The van der Waals surface area contributed by atoms with Crippen LogP contribution in [-0.2, 0) is 21.5 Å². The average Bonchev–Trinajstić information content (AvgIpc) is 2.64. The molecule has 0 fully saturated rings. The second-order valence-electron chi connectivity index (χ2n) is 5.90. The van der Waals surface area contributed by atoms with Crippen molar-refractivity contribution in [2.45, 2.75) is 16.4 Å². The molecule has 0 spiro atoms. The van der Waals surface area contributed by atoms with Crippen molar-refractivity contribution in [3.05, 3.63) is 94.0 Å². The summed E-state index contributed by atoms with van der Waals surface area (Å²) in [6.07, 6.45) is 0. The van der Waals surface area contributed by atoms with Crippen LogP contribution in [0.25, 0.3) is 0 Å². The maximum absolute atomic E-state index is 12.6. The van der Waals surface area contributed by atoms with E-state index in [0.29, 0.717) is 27.0 Å². The summed E-state index contributed by atoms with van der Waals surface area (Å²) in [5, 5.41) is 1.27. The molecule has 0 aliphatic heterocycles. The summed E-state index contributed by atoms with van der Waals surface area (Å²) in [6, 6.07) is 21.8. The number of anilines is 1. The minimum atomic E-state index is -3.54. The normalized spacial score (nSPS) is 11.3. The zero-order valence-corrected chi connectivity index (χ0v) is 17.4. The van der Waals surface area contributed by atoms with E-state index in [-0.39, 0.29) is 5.75 Å². The lowest BCUT2D eigenvalue weighted by atomic mass is 10.2. The number of hydrogen-bond donors (Lipinski definition) is 1. The summed E-state index contributed by atoms with van der Waals surface area (Å²) in [5.41, 5.74) is 2.37. The Kier molecular flexibility index (Phi) is 6.71. The van der Waals surface area contributed by atoms with E-state index in [4.69, 9.17) is 23.2 Å². The predicted molar refractivity (Wildman–Crippen MR) is 115 cm³/mol. The molecule has 0 radical (unpaired) electrons. The van der Waals surface area contributed by atoms with Crippen LogP contribution < -0.4 is 4.72 Å². The molecule has 0 unspecified atom stereocenters. The molecule has 1 N–H and O–H groups in total. The molecule has 0 atom stereocenters. The summed E-state index contributed by atoms with van der Waals surface area (Å²) in [6.45, 7) is 0. The Morgan fingerprint density at radius 3 is 1.96 bits per heavy atom. The molecule has 0 bridgehead atoms. The van der Waals surface area contributed by atoms with Gasteiger partial charge in [0.2, 0.25) is 10.0 Å². The van der Waals surface area contributed by atoms with Gasteiger partial charge in [-0.2, -0.15) is 0 Å². The third kappa shape index (κ3) is 6.18. The van der Waals surface area contributed by atoms with Gasteiger partial charge in [-0.1, -0.05) is 59.6 Å². The SMILES string of the molecule is O=S(=O)(Cc1ccc(Cl)cc1)Nc1ccccc1SCc1ccc(Cl)cc1. The van der Waals surface area contributed by atoms with Crippen LogP contribution in [-0.4, -0.2) is 8.42 Å². The van der Waals surface area contributed by atoms with E-state index in [1.807, 2.05) is 42.5 Å². The quantitative estimate of drug-likeness (QED) is 0.445. The molecular formula is C20H17Cl2NO2S2. The Bertz CT molecular complexity index is 1000. The predicted octanol–water partition coefficient (Wildman–Crippen LogP) is 6.23. The smallest absolute Gasteiger partial charge is 0.236 e. The van der Waals surface area contributed by atoms with Crippen molar-refractivity contribution in [2.24, 2.45) is 0 Å². The Hall–Kier alpha value is -1.66. The van der Waals surface area contributed by atoms with E-state index in [2.05, 4.69) is 4.72 Å². The third-order valence-electron chi connectivity index (χ3n) is 3.73. The minimum absolute atomic E-state index is 0.111. The zero-order valence-electron chi connectivity index (χ0n) is 14.2. The second-order valence-corrected chi connectivity index (χ2v) is 9.51. The van der Waals surface area contributed by atoms with Crippen molar-refractivity contribution in [1.82, 2.24) is 0 Å². The van der Waals surface area contributed by atoms with E-state index in [0.717, 1.165) is 10.5 Å². The monoisotopic (exact) mass is 437 g/mol. The molecule has 0 heterocycles. The lowest BCUT2D eigenvalue weighted by Crippen LogP contribution is -2.15. The highest BCUT2D eigenvalue weighted by Gasteiger charge is 2.14. The first-order valence-corrected chi connectivity index (χ1v) is 11.5. The number of thioether (sulfide) groups is 1. The summed E-state index contributed by atoms with van der Waals surface area (Å²) >= 11 is 13.3. The lowest BCUT2D eigenvalue weighted by Gasteiger charge is -2.12. The van der Waals surface area contributed by atoms with E-state index >= 15 is 0 Å². The van der Waals surface area contributed by atoms with Crippen LogP contribution in [0.1, 0.15) is 11.1 Å². The molecule has 7 heteroatoms. The fraction of sp³-hybridized carbons (Fsp3) is 0.100. The van der Waals surface area contributed by atoms with Crippen molar-refractivity contribution in [3.8, 4) is 0 Å². The topological polar surface area (TPSA) is 46.2 Å². The highest BCUT2D eigenvalue weighted by Crippen LogP contribution is 2.31. The first-order chi connectivity index (χ1) is 12.9.